The third kappa shape index (κ3) is 3.09. The van der Waals surface area contributed by atoms with Crippen molar-refractivity contribution >= 4 is 46.2 Å². The average molecular weight is 388 g/mol. The number of esters is 1. The molecule has 1 aliphatic heterocycles. The zero-order valence-electron chi connectivity index (χ0n) is 10.8. The Balaban J connectivity index is 2.14. The van der Waals surface area contributed by atoms with Gasteiger partial charge in [-0.2, -0.15) is 0 Å². The summed E-state index contributed by atoms with van der Waals surface area (Å²) >= 11 is 2.13. The lowest BCUT2D eigenvalue weighted by Crippen LogP contribution is -2.37. The number of hydrogen-bond acceptors (Lipinski definition) is 4. The smallest absolute Gasteiger partial charge is 0.332 e. The number of halogens is 1. The normalized spacial score (nSPS) is 14.9. The monoisotopic (exact) mass is 388 g/mol. The molecule has 106 valence electrons. The first kappa shape index (κ1) is 14.8. The van der Waals surface area contributed by atoms with Crippen molar-refractivity contribution in [2.75, 3.05) is 24.6 Å². The van der Waals surface area contributed by atoms with Gasteiger partial charge in [0.2, 0.25) is 0 Å². The van der Waals surface area contributed by atoms with Crippen LogP contribution in [0.3, 0.4) is 0 Å². The van der Waals surface area contributed by atoms with E-state index in [1.807, 2.05) is 12.1 Å². The molecule has 0 saturated carbocycles. The third-order valence-electron chi connectivity index (χ3n) is 2.77. The fourth-order valence-corrected chi connectivity index (χ4v) is 2.40. The molecule has 0 atom stereocenters. The number of rotatable bonds is 4. The third-order valence-corrected chi connectivity index (χ3v) is 3.44. The largest absolute Gasteiger partial charge is 0.465 e. The molecule has 0 radical (unpaired) electrons. The minimum Gasteiger partial charge on any atom is -0.465 e. The fraction of sp³-hybridized carbons (Fsp3) is 0.308. The summed E-state index contributed by atoms with van der Waals surface area (Å²) in [5.74, 6) is -0.986. The summed E-state index contributed by atoms with van der Waals surface area (Å²) in [5, 5.41) is 0. The van der Waals surface area contributed by atoms with Gasteiger partial charge in [0, 0.05) is 9.26 Å². The lowest BCUT2D eigenvalue weighted by molar-refractivity contribution is -0.146. The van der Waals surface area contributed by atoms with Crippen LogP contribution in [0.1, 0.15) is 6.92 Å². The predicted molar refractivity (Wildman–Crippen MR) is 80.2 cm³/mol. The Morgan fingerprint density at radius 3 is 2.80 bits per heavy atom. The fourth-order valence-electron chi connectivity index (χ4n) is 1.88. The van der Waals surface area contributed by atoms with Gasteiger partial charge in [-0.15, -0.1) is 0 Å². The molecule has 1 aromatic rings. The molecule has 0 spiro atoms. The minimum absolute atomic E-state index is 0.0572. The van der Waals surface area contributed by atoms with Gasteiger partial charge in [-0.05, 0) is 47.7 Å². The predicted octanol–water partition coefficient (Wildman–Crippen LogP) is 1.62. The van der Waals surface area contributed by atoms with E-state index in [4.69, 9.17) is 4.74 Å². The Bertz CT molecular complexity index is 561. The minimum atomic E-state index is -0.585. The molecule has 1 aromatic carbocycles. The summed E-state index contributed by atoms with van der Waals surface area (Å²) in [6.45, 7) is 1.49. The molecule has 3 amide bonds. The lowest BCUT2D eigenvalue weighted by atomic mass is 10.3. The highest BCUT2D eigenvalue weighted by Crippen LogP contribution is 2.22. The molecule has 0 aliphatic carbocycles. The highest BCUT2D eigenvalue weighted by molar-refractivity contribution is 14.1. The van der Waals surface area contributed by atoms with E-state index in [1.54, 1.807) is 19.1 Å². The van der Waals surface area contributed by atoms with Crippen molar-refractivity contribution < 1.29 is 19.1 Å². The van der Waals surface area contributed by atoms with Crippen molar-refractivity contribution in [1.29, 1.82) is 0 Å². The summed E-state index contributed by atoms with van der Waals surface area (Å²) in [4.78, 5) is 37.7. The number of imide groups is 1. The van der Waals surface area contributed by atoms with E-state index >= 15 is 0 Å². The molecule has 6 nitrogen and oxygen atoms in total. The summed E-state index contributed by atoms with van der Waals surface area (Å²) in [7, 11) is 0. The van der Waals surface area contributed by atoms with Crippen LogP contribution in [0.4, 0.5) is 10.5 Å². The number of ether oxygens (including phenoxy) is 1. The summed E-state index contributed by atoms with van der Waals surface area (Å²) < 4.78 is 5.72. The van der Waals surface area contributed by atoms with Gasteiger partial charge in [0.25, 0.3) is 5.91 Å². The number of benzene rings is 1. The summed E-state index contributed by atoms with van der Waals surface area (Å²) in [6, 6.07) is 6.76. The molecular weight excluding hydrogens is 375 g/mol. The lowest BCUT2D eigenvalue weighted by Gasteiger charge is -2.16. The van der Waals surface area contributed by atoms with E-state index in [0.29, 0.717) is 5.69 Å². The van der Waals surface area contributed by atoms with Gasteiger partial charge in [-0.1, -0.05) is 6.07 Å². The standard InChI is InChI=1S/C13H13IN2O4/c1-2-20-12(18)8-16-11(17)7-15(13(16)19)10-5-3-4-9(14)6-10/h3-6H,2,7-8H2,1H3. The quantitative estimate of drug-likeness (QED) is 0.447. The number of hydrogen-bond donors (Lipinski definition) is 0. The Kier molecular flexibility index (Phi) is 4.58. The first-order valence-corrected chi connectivity index (χ1v) is 7.14. The number of nitrogens with zero attached hydrogens (tertiary/aromatic N) is 2. The van der Waals surface area contributed by atoms with Crippen LogP contribution < -0.4 is 4.90 Å². The second-order valence-corrected chi connectivity index (χ2v) is 5.38. The van der Waals surface area contributed by atoms with Crippen LogP contribution in [0.5, 0.6) is 0 Å². The van der Waals surface area contributed by atoms with Crippen LogP contribution in [-0.2, 0) is 14.3 Å². The van der Waals surface area contributed by atoms with Crippen LogP contribution in [0.15, 0.2) is 24.3 Å². The van der Waals surface area contributed by atoms with Crippen LogP contribution in [-0.4, -0.2) is 42.5 Å². The van der Waals surface area contributed by atoms with Crippen LogP contribution >= 0.6 is 22.6 Å². The average Bonchev–Trinajstić information content (AvgIpc) is 2.67. The molecule has 1 aliphatic rings. The summed E-state index contributed by atoms with van der Waals surface area (Å²) in [6.07, 6.45) is 0. The van der Waals surface area contributed by atoms with Crippen molar-refractivity contribution in [3.63, 3.8) is 0 Å². The SMILES string of the molecule is CCOC(=O)CN1C(=O)CN(c2cccc(I)c2)C1=O. The van der Waals surface area contributed by atoms with Crippen molar-refractivity contribution in [3.05, 3.63) is 27.8 Å². The van der Waals surface area contributed by atoms with Crippen molar-refractivity contribution in [1.82, 2.24) is 4.90 Å². The first-order valence-electron chi connectivity index (χ1n) is 6.06. The Hall–Kier alpha value is -1.64. The molecule has 1 fully saturated rings. The number of anilines is 1. The second kappa shape index (κ2) is 6.21. The Labute approximate surface area is 129 Å². The maximum absolute atomic E-state index is 12.2. The Morgan fingerprint density at radius 2 is 2.15 bits per heavy atom. The van der Waals surface area contributed by atoms with E-state index < -0.39 is 17.9 Å². The van der Waals surface area contributed by atoms with E-state index in [9.17, 15) is 14.4 Å². The molecule has 0 aromatic heterocycles. The topological polar surface area (TPSA) is 66.9 Å². The van der Waals surface area contributed by atoms with Gasteiger partial charge < -0.3 is 4.74 Å². The molecule has 1 heterocycles. The van der Waals surface area contributed by atoms with Crippen molar-refractivity contribution in [2.45, 2.75) is 6.92 Å². The van der Waals surface area contributed by atoms with Crippen LogP contribution in [0.25, 0.3) is 0 Å². The van der Waals surface area contributed by atoms with E-state index in [-0.39, 0.29) is 19.7 Å². The number of amides is 3. The highest BCUT2D eigenvalue weighted by Gasteiger charge is 2.38. The molecule has 0 bridgehead atoms. The molecular formula is C13H13IN2O4. The van der Waals surface area contributed by atoms with Crippen molar-refractivity contribution in [2.24, 2.45) is 0 Å². The molecule has 20 heavy (non-hydrogen) atoms. The van der Waals surface area contributed by atoms with Crippen LogP contribution in [0, 0.1) is 3.57 Å². The summed E-state index contributed by atoms with van der Waals surface area (Å²) in [5.41, 5.74) is 0.640. The molecule has 1 saturated heterocycles. The maximum atomic E-state index is 12.2. The van der Waals surface area contributed by atoms with Gasteiger partial charge in [-0.25, -0.2) is 4.79 Å². The van der Waals surface area contributed by atoms with Crippen LogP contribution in [0.2, 0.25) is 0 Å². The number of carbonyl (C=O) groups excluding carboxylic acids is 3. The first-order chi connectivity index (χ1) is 9.52. The van der Waals surface area contributed by atoms with Gasteiger partial charge in [0.15, 0.2) is 0 Å². The maximum Gasteiger partial charge on any atom is 0.332 e. The zero-order valence-corrected chi connectivity index (χ0v) is 13.0. The molecule has 0 unspecified atom stereocenters. The van der Waals surface area contributed by atoms with E-state index in [2.05, 4.69) is 22.6 Å². The molecule has 2 rings (SSSR count). The van der Waals surface area contributed by atoms with Crippen molar-refractivity contribution in [3.8, 4) is 0 Å². The zero-order chi connectivity index (χ0) is 14.7. The van der Waals surface area contributed by atoms with Gasteiger partial charge in [0.05, 0.1) is 6.61 Å². The molecule has 0 N–H and O–H groups in total. The van der Waals surface area contributed by atoms with Gasteiger partial charge in [0.1, 0.15) is 13.1 Å². The van der Waals surface area contributed by atoms with E-state index in [1.165, 1.54) is 4.90 Å². The highest BCUT2D eigenvalue weighted by atomic mass is 127. The van der Waals surface area contributed by atoms with Gasteiger partial charge >= 0.3 is 12.0 Å². The van der Waals surface area contributed by atoms with Gasteiger partial charge in [-0.3, -0.25) is 19.4 Å². The number of urea groups is 1. The second-order valence-electron chi connectivity index (χ2n) is 4.13. The Morgan fingerprint density at radius 1 is 1.40 bits per heavy atom. The number of carbonyl (C=O) groups is 3. The molecule has 7 heteroatoms. The van der Waals surface area contributed by atoms with E-state index in [0.717, 1.165) is 8.47 Å².